The molecule has 0 aromatic carbocycles. The smallest absolute Gasteiger partial charge is 0.236 e. The average Bonchev–Trinajstić information content (AvgIpc) is 2.56. The Kier molecular flexibility index (Phi) is 4.87. The number of likely N-dealkylation sites (tertiary alicyclic amines) is 1. The topological polar surface area (TPSA) is 52.6 Å². The van der Waals surface area contributed by atoms with Crippen LogP contribution in [0.5, 0.6) is 0 Å². The van der Waals surface area contributed by atoms with Crippen LogP contribution in [-0.2, 0) is 4.79 Å². The Labute approximate surface area is 132 Å². The number of aromatic nitrogens is 2. The molecule has 1 amide bonds. The lowest BCUT2D eigenvalue weighted by Crippen LogP contribution is -2.52. The van der Waals surface area contributed by atoms with Gasteiger partial charge in [0.05, 0.1) is 6.54 Å². The Bertz CT molecular complexity index is 487. The maximum absolute atomic E-state index is 12.5. The number of amides is 1. The minimum Gasteiger partial charge on any atom is -0.338 e. The molecule has 0 bridgehead atoms. The van der Waals surface area contributed by atoms with E-state index < -0.39 is 0 Å². The maximum atomic E-state index is 12.5. The fourth-order valence-corrected chi connectivity index (χ4v) is 3.33. The van der Waals surface area contributed by atoms with Crippen molar-refractivity contribution in [3.63, 3.8) is 0 Å². The molecule has 1 atom stereocenters. The third-order valence-corrected chi connectivity index (χ3v) is 4.57. The molecule has 2 aliphatic heterocycles. The van der Waals surface area contributed by atoms with Crippen molar-refractivity contribution in [3.05, 3.63) is 18.5 Å². The first-order valence-electron chi connectivity index (χ1n) is 8.24. The number of piperidine rings is 1. The van der Waals surface area contributed by atoms with E-state index in [9.17, 15) is 4.79 Å². The largest absolute Gasteiger partial charge is 0.338 e. The van der Waals surface area contributed by atoms with Crippen molar-refractivity contribution in [1.82, 2.24) is 19.8 Å². The Morgan fingerprint density at radius 1 is 1.18 bits per heavy atom. The third kappa shape index (κ3) is 3.74. The average molecular weight is 303 g/mol. The summed E-state index contributed by atoms with van der Waals surface area (Å²) in [5.41, 5.74) is 0. The summed E-state index contributed by atoms with van der Waals surface area (Å²) in [5.74, 6) is 1.75. The number of piperazine rings is 1. The van der Waals surface area contributed by atoms with Gasteiger partial charge in [0.2, 0.25) is 11.9 Å². The summed E-state index contributed by atoms with van der Waals surface area (Å²) >= 11 is 0. The van der Waals surface area contributed by atoms with Gasteiger partial charge in [-0.05, 0) is 31.4 Å². The number of carbonyl (C=O) groups excluding carboxylic acids is 1. The van der Waals surface area contributed by atoms with Gasteiger partial charge in [-0.1, -0.05) is 6.92 Å². The van der Waals surface area contributed by atoms with Crippen molar-refractivity contribution in [1.29, 1.82) is 0 Å². The molecule has 6 nitrogen and oxygen atoms in total. The molecule has 0 aliphatic carbocycles. The predicted octanol–water partition coefficient (Wildman–Crippen LogP) is 0.857. The first-order valence-corrected chi connectivity index (χ1v) is 8.24. The molecular formula is C16H25N5O. The molecule has 1 unspecified atom stereocenters. The van der Waals surface area contributed by atoms with Gasteiger partial charge in [0, 0.05) is 45.1 Å². The van der Waals surface area contributed by atoms with Crippen LogP contribution in [0.4, 0.5) is 5.95 Å². The van der Waals surface area contributed by atoms with Crippen LogP contribution in [0.3, 0.4) is 0 Å². The molecule has 1 aromatic rings. The quantitative estimate of drug-likeness (QED) is 0.829. The fraction of sp³-hybridized carbons (Fsp3) is 0.688. The highest BCUT2D eigenvalue weighted by Crippen LogP contribution is 2.16. The summed E-state index contributed by atoms with van der Waals surface area (Å²) in [5, 5.41) is 0. The zero-order chi connectivity index (χ0) is 15.4. The highest BCUT2D eigenvalue weighted by atomic mass is 16.2. The molecule has 6 heteroatoms. The van der Waals surface area contributed by atoms with E-state index in [4.69, 9.17) is 0 Å². The lowest BCUT2D eigenvalue weighted by atomic mass is 10.0. The molecule has 0 radical (unpaired) electrons. The number of nitrogens with zero attached hydrogens (tertiary/aromatic N) is 5. The standard InChI is InChI=1S/C16H25N5O/c1-14-4-2-7-19(12-14)13-15(22)20-8-10-21(11-9-20)16-17-5-3-6-18-16/h3,5-6,14H,2,4,7-13H2,1H3. The normalized spacial score (nSPS) is 23.6. The van der Waals surface area contributed by atoms with Crippen molar-refractivity contribution in [2.24, 2.45) is 5.92 Å². The Hall–Kier alpha value is -1.69. The second-order valence-electron chi connectivity index (χ2n) is 6.40. The molecule has 2 fully saturated rings. The monoisotopic (exact) mass is 303 g/mol. The van der Waals surface area contributed by atoms with E-state index in [1.165, 1.54) is 12.8 Å². The van der Waals surface area contributed by atoms with Gasteiger partial charge in [0.25, 0.3) is 0 Å². The number of rotatable bonds is 3. The molecule has 2 aliphatic rings. The van der Waals surface area contributed by atoms with E-state index in [0.29, 0.717) is 12.5 Å². The summed E-state index contributed by atoms with van der Waals surface area (Å²) in [6.07, 6.45) is 6.03. The molecule has 0 spiro atoms. The highest BCUT2D eigenvalue weighted by Gasteiger charge is 2.25. The molecule has 2 saturated heterocycles. The molecule has 120 valence electrons. The van der Waals surface area contributed by atoms with Crippen molar-refractivity contribution in [2.75, 3.05) is 50.7 Å². The van der Waals surface area contributed by atoms with Gasteiger partial charge in [-0.15, -0.1) is 0 Å². The van der Waals surface area contributed by atoms with Crippen LogP contribution in [0.1, 0.15) is 19.8 Å². The van der Waals surface area contributed by atoms with Gasteiger partial charge in [-0.3, -0.25) is 9.69 Å². The molecular weight excluding hydrogens is 278 g/mol. The Morgan fingerprint density at radius 2 is 1.91 bits per heavy atom. The van der Waals surface area contributed by atoms with Gasteiger partial charge in [-0.2, -0.15) is 0 Å². The van der Waals surface area contributed by atoms with Crippen LogP contribution < -0.4 is 4.90 Å². The first-order chi connectivity index (χ1) is 10.7. The number of anilines is 1. The lowest BCUT2D eigenvalue weighted by Gasteiger charge is -2.37. The summed E-state index contributed by atoms with van der Waals surface area (Å²) in [4.78, 5) is 27.4. The predicted molar refractivity (Wildman–Crippen MR) is 85.7 cm³/mol. The van der Waals surface area contributed by atoms with E-state index in [2.05, 4.69) is 26.7 Å². The fourth-order valence-electron chi connectivity index (χ4n) is 3.33. The second-order valence-corrected chi connectivity index (χ2v) is 6.40. The van der Waals surface area contributed by atoms with Gasteiger partial charge in [0.15, 0.2) is 0 Å². The summed E-state index contributed by atoms with van der Waals surface area (Å²) < 4.78 is 0. The molecule has 3 heterocycles. The van der Waals surface area contributed by atoms with E-state index in [0.717, 1.165) is 45.2 Å². The van der Waals surface area contributed by atoms with Gasteiger partial charge < -0.3 is 9.80 Å². The molecule has 22 heavy (non-hydrogen) atoms. The minimum absolute atomic E-state index is 0.266. The van der Waals surface area contributed by atoms with Crippen LogP contribution in [0.15, 0.2) is 18.5 Å². The van der Waals surface area contributed by atoms with Gasteiger partial charge >= 0.3 is 0 Å². The Balaban J connectivity index is 1.47. The van der Waals surface area contributed by atoms with Crippen LogP contribution in [0, 0.1) is 5.92 Å². The van der Waals surface area contributed by atoms with Crippen LogP contribution in [-0.4, -0.2) is 71.5 Å². The second kappa shape index (κ2) is 7.05. The molecule has 3 rings (SSSR count). The van der Waals surface area contributed by atoms with Crippen LogP contribution >= 0.6 is 0 Å². The van der Waals surface area contributed by atoms with E-state index >= 15 is 0 Å². The highest BCUT2D eigenvalue weighted by molar-refractivity contribution is 5.78. The van der Waals surface area contributed by atoms with Crippen molar-refractivity contribution < 1.29 is 4.79 Å². The van der Waals surface area contributed by atoms with Gasteiger partial charge in [-0.25, -0.2) is 9.97 Å². The molecule has 1 aromatic heterocycles. The maximum Gasteiger partial charge on any atom is 0.236 e. The SMILES string of the molecule is CC1CCCN(CC(=O)N2CCN(c3ncccn3)CC2)C1. The van der Waals surface area contributed by atoms with Gasteiger partial charge in [0.1, 0.15) is 0 Å². The van der Waals surface area contributed by atoms with Crippen LogP contribution in [0.25, 0.3) is 0 Å². The van der Waals surface area contributed by atoms with Crippen molar-refractivity contribution >= 4 is 11.9 Å². The number of hydrogen-bond donors (Lipinski definition) is 0. The first kappa shape index (κ1) is 15.2. The van der Waals surface area contributed by atoms with E-state index in [1.807, 2.05) is 11.0 Å². The van der Waals surface area contributed by atoms with E-state index in [1.54, 1.807) is 12.4 Å². The number of hydrogen-bond acceptors (Lipinski definition) is 5. The number of carbonyl (C=O) groups is 1. The summed E-state index contributed by atoms with van der Waals surface area (Å²) in [6, 6.07) is 1.82. The molecule has 0 N–H and O–H groups in total. The third-order valence-electron chi connectivity index (χ3n) is 4.57. The zero-order valence-corrected chi connectivity index (χ0v) is 13.3. The van der Waals surface area contributed by atoms with Crippen molar-refractivity contribution in [2.45, 2.75) is 19.8 Å². The summed E-state index contributed by atoms with van der Waals surface area (Å²) in [6.45, 7) is 8.12. The summed E-state index contributed by atoms with van der Waals surface area (Å²) in [7, 11) is 0. The molecule has 0 saturated carbocycles. The Morgan fingerprint density at radius 3 is 2.59 bits per heavy atom. The minimum atomic E-state index is 0.266. The van der Waals surface area contributed by atoms with Crippen molar-refractivity contribution in [3.8, 4) is 0 Å². The van der Waals surface area contributed by atoms with Crippen LogP contribution in [0.2, 0.25) is 0 Å². The lowest BCUT2D eigenvalue weighted by molar-refractivity contribution is -0.133. The van der Waals surface area contributed by atoms with E-state index in [-0.39, 0.29) is 5.91 Å². The zero-order valence-electron chi connectivity index (χ0n) is 13.3.